The summed E-state index contributed by atoms with van der Waals surface area (Å²) in [7, 11) is 0. The molecule has 2 N–H and O–H groups in total. The Balaban J connectivity index is 1.72. The van der Waals surface area contributed by atoms with Crippen LogP contribution in [0.15, 0.2) is 18.2 Å². The molecule has 0 spiro atoms. The first-order valence-electron chi connectivity index (χ1n) is 6.33. The Morgan fingerprint density at radius 1 is 1.39 bits per heavy atom. The molecule has 1 aromatic carbocycles. The van der Waals surface area contributed by atoms with Crippen LogP contribution in [0.5, 0.6) is 0 Å². The molecule has 0 bridgehead atoms. The van der Waals surface area contributed by atoms with Crippen LogP contribution in [0.25, 0.3) is 0 Å². The van der Waals surface area contributed by atoms with Crippen molar-refractivity contribution in [2.24, 2.45) is 11.7 Å². The summed E-state index contributed by atoms with van der Waals surface area (Å²) in [4.78, 5) is 13.9. The Hall–Kier alpha value is -1.42. The zero-order valence-corrected chi connectivity index (χ0v) is 10.4. The second kappa shape index (κ2) is 3.79. The standard InChI is InChI=1S/C14H17FN2O/c1-9-4-10(6-12(15)5-9)13(18)17-7-14(16,8-17)11-2-3-11/h4-6,11H,2-3,7-8,16H2,1H3. The van der Waals surface area contributed by atoms with Gasteiger partial charge in [0, 0.05) is 18.7 Å². The lowest BCUT2D eigenvalue weighted by molar-refractivity contribution is 0.0350. The van der Waals surface area contributed by atoms with Crippen molar-refractivity contribution in [1.82, 2.24) is 4.90 Å². The number of hydrogen-bond donors (Lipinski definition) is 1. The number of nitrogens with zero attached hydrogens (tertiary/aromatic N) is 1. The number of carbonyl (C=O) groups is 1. The summed E-state index contributed by atoms with van der Waals surface area (Å²) >= 11 is 0. The van der Waals surface area contributed by atoms with Gasteiger partial charge in [-0.25, -0.2) is 4.39 Å². The molecule has 0 radical (unpaired) electrons. The van der Waals surface area contributed by atoms with Gasteiger partial charge in [-0.15, -0.1) is 0 Å². The van der Waals surface area contributed by atoms with E-state index in [1.807, 2.05) is 0 Å². The largest absolute Gasteiger partial charge is 0.335 e. The third-order valence-electron chi connectivity index (χ3n) is 3.94. The molecular weight excluding hydrogens is 231 g/mol. The summed E-state index contributed by atoms with van der Waals surface area (Å²) in [5.41, 5.74) is 7.21. The van der Waals surface area contributed by atoms with Gasteiger partial charge in [0.2, 0.25) is 0 Å². The van der Waals surface area contributed by atoms with Gasteiger partial charge in [0.25, 0.3) is 5.91 Å². The topological polar surface area (TPSA) is 46.3 Å². The summed E-state index contributed by atoms with van der Waals surface area (Å²) in [6, 6.07) is 4.44. The smallest absolute Gasteiger partial charge is 0.254 e. The maximum absolute atomic E-state index is 13.3. The Kier molecular flexibility index (Phi) is 2.45. The summed E-state index contributed by atoms with van der Waals surface area (Å²) in [6.45, 7) is 2.99. The number of carbonyl (C=O) groups excluding carboxylic acids is 1. The highest BCUT2D eigenvalue weighted by molar-refractivity contribution is 5.95. The predicted octanol–water partition coefficient (Wildman–Crippen LogP) is 1.70. The fourth-order valence-corrected chi connectivity index (χ4v) is 2.77. The molecule has 0 unspecified atom stereocenters. The first kappa shape index (κ1) is 11.7. The molecule has 1 aromatic rings. The average Bonchev–Trinajstić information content (AvgIpc) is 3.06. The maximum atomic E-state index is 13.3. The average molecular weight is 248 g/mol. The molecule has 3 rings (SSSR count). The number of aryl methyl sites for hydroxylation is 1. The van der Waals surface area contributed by atoms with Gasteiger partial charge in [-0.05, 0) is 49.4 Å². The lowest BCUT2D eigenvalue weighted by Gasteiger charge is -2.48. The summed E-state index contributed by atoms with van der Waals surface area (Å²) < 4.78 is 13.3. The van der Waals surface area contributed by atoms with Gasteiger partial charge in [0.15, 0.2) is 0 Å². The fraction of sp³-hybridized carbons (Fsp3) is 0.500. The lowest BCUT2D eigenvalue weighted by Crippen LogP contribution is -2.69. The van der Waals surface area contributed by atoms with E-state index in [-0.39, 0.29) is 17.3 Å². The second-order valence-corrected chi connectivity index (χ2v) is 5.69. The summed E-state index contributed by atoms with van der Waals surface area (Å²) in [5, 5.41) is 0. The van der Waals surface area contributed by atoms with Crippen LogP contribution in [-0.2, 0) is 0 Å². The van der Waals surface area contributed by atoms with E-state index in [2.05, 4.69) is 0 Å². The van der Waals surface area contributed by atoms with E-state index < -0.39 is 0 Å². The molecule has 2 aliphatic rings. The molecule has 1 aliphatic carbocycles. The van der Waals surface area contributed by atoms with Crippen molar-refractivity contribution in [1.29, 1.82) is 0 Å². The van der Waals surface area contributed by atoms with Gasteiger partial charge in [-0.3, -0.25) is 4.79 Å². The van der Waals surface area contributed by atoms with Crippen molar-refractivity contribution >= 4 is 5.91 Å². The number of rotatable bonds is 2. The van der Waals surface area contributed by atoms with E-state index in [4.69, 9.17) is 5.73 Å². The van der Waals surface area contributed by atoms with E-state index in [1.54, 1.807) is 17.9 Å². The van der Waals surface area contributed by atoms with Crippen molar-refractivity contribution < 1.29 is 9.18 Å². The van der Waals surface area contributed by atoms with E-state index in [0.717, 1.165) is 5.56 Å². The molecular formula is C14H17FN2O. The normalized spacial score (nSPS) is 21.6. The Morgan fingerprint density at radius 2 is 2.06 bits per heavy atom. The van der Waals surface area contributed by atoms with E-state index in [0.29, 0.717) is 24.6 Å². The molecule has 4 heteroatoms. The van der Waals surface area contributed by atoms with E-state index in [1.165, 1.54) is 25.0 Å². The minimum absolute atomic E-state index is 0.112. The molecule has 2 fully saturated rings. The zero-order chi connectivity index (χ0) is 12.9. The number of amides is 1. The lowest BCUT2D eigenvalue weighted by atomic mass is 9.85. The Bertz CT molecular complexity index is 484. The highest BCUT2D eigenvalue weighted by atomic mass is 19.1. The summed E-state index contributed by atoms with van der Waals surface area (Å²) in [6.07, 6.45) is 2.36. The fourth-order valence-electron chi connectivity index (χ4n) is 2.77. The van der Waals surface area contributed by atoms with Crippen molar-refractivity contribution in [3.8, 4) is 0 Å². The second-order valence-electron chi connectivity index (χ2n) is 5.69. The quantitative estimate of drug-likeness (QED) is 0.866. The third kappa shape index (κ3) is 1.90. The maximum Gasteiger partial charge on any atom is 0.254 e. The minimum Gasteiger partial charge on any atom is -0.335 e. The monoisotopic (exact) mass is 248 g/mol. The van der Waals surface area contributed by atoms with Gasteiger partial charge in [-0.1, -0.05) is 0 Å². The molecule has 18 heavy (non-hydrogen) atoms. The number of benzene rings is 1. The van der Waals surface area contributed by atoms with Gasteiger partial charge in [0.1, 0.15) is 5.82 Å². The van der Waals surface area contributed by atoms with Crippen LogP contribution in [0.1, 0.15) is 28.8 Å². The zero-order valence-electron chi connectivity index (χ0n) is 10.4. The van der Waals surface area contributed by atoms with Gasteiger partial charge >= 0.3 is 0 Å². The number of hydrogen-bond acceptors (Lipinski definition) is 2. The van der Waals surface area contributed by atoms with Gasteiger partial charge in [0.05, 0.1) is 5.54 Å². The predicted molar refractivity (Wildman–Crippen MR) is 66.7 cm³/mol. The first-order chi connectivity index (χ1) is 8.48. The van der Waals surface area contributed by atoms with Crippen molar-refractivity contribution in [2.45, 2.75) is 25.3 Å². The molecule has 0 aromatic heterocycles. The molecule has 1 saturated carbocycles. The van der Waals surface area contributed by atoms with Crippen molar-refractivity contribution in [3.05, 3.63) is 35.1 Å². The van der Waals surface area contributed by atoms with Crippen LogP contribution < -0.4 is 5.73 Å². The van der Waals surface area contributed by atoms with Crippen molar-refractivity contribution in [3.63, 3.8) is 0 Å². The number of nitrogens with two attached hydrogens (primary N) is 1. The van der Waals surface area contributed by atoms with Crippen LogP contribution >= 0.6 is 0 Å². The SMILES string of the molecule is Cc1cc(F)cc(C(=O)N2CC(N)(C3CC3)C2)c1. The number of halogens is 1. The molecule has 96 valence electrons. The minimum atomic E-state index is -0.361. The Morgan fingerprint density at radius 3 is 2.61 bits per heavy atom. The Labute approximate surface area is 106 Å². The molecule has 1 saturated heterocycles. The van der Waals surface area contributed by atoms with Crippen LogP contribution in [0.3, 0.4) is 0 Å². The van der Waals surface area contributed by atoms with E-state index in [9.17, 15) is 9.18 Å². The van der Waals surface area contributed by atoms with Crippen LogP contribution in [0.2, 0.25) is 0 Å². The third-order valence-corrected chi connectivity index (χ3v) is 3.94. The van der Waals surface area contributed by atoms with E-state index >= 15 is 0 Å². The van der Waals surface area contributed by atoms with Gasteiger partial charge in [-0.2, -0.15) is 0 Å². The number of likely N-dealkylation sites (tertiary alicyclic amines) is 1. The molecule has 0 atom stereocenters. The molecule has 1 amide bonds. The molecule has 3 nitrogen and oxygen atoms in total. The summed E-state index contributed by atoms with van der Waals surface area (Å²) in [5.74, 6) is 0.107. The first-order valence-corrected chi connectivity index (χ1v) is 6.33. The highest BCUT2D eigenvalue weighted by Crippen LogP contribution is 2.43. The molecule has 1 heterocycles. The highest BCUT2D eigenvalue weighted by Gasteiger charge is 2.51. The van der Waals surface area contributed by atoms with Crippen molar-refractivity contribution in [2.75, 3.05) is 13.1 Å². The van der Waals surface area contributed by atoms with Crippen LogP contribution in [0.4, 0.5) is 4.39 Å². The van der Waals surface area contributed by atoms with Crippen LogP contribution in [0, 0.1) is 18.7 Å². The molecule has 1 aliphatic heterocycles. The van der Waals surface area contributed by atoms with Crippen LogP contribution in [-0.4, -0.2) is 29.4 Å². The van der Waals surface area contributed by atoms with Gasteiger partial charge < -0.3 is 10.6 Å².